The fourth-order valence-electron chi connectivity index (χ4n) is 1.36. The highest BCUT2D eigenvalue weighted by Crippen LogP contribution is 2.24. The van der Waals surface area contributed by atoms with E-state index in [9.17, 15) is 5.11 Å². The summed E-state index contributed by atoms with van der Waals surface area (Å²) in [6.45, 7) is 4.09. The van der Waals surface area contributed by atoms with E-state index in [1.165, 1.54) is 0 Å². The topological polar surface area (TPSA) is 44.0 Å². The van der Waals surface area contributed by atoms with E-state index in [4.69, 9.17) is 5.26 Å². The zero-order valence-corrected chi connectivity index (χ0v) is 7.86. The van der Waals surface area contributed by atoms with Crippen LogP contribution in [0.3, 0.4) is 0 Å². The standard InChI is InChI=1S/C11H13NO/c1-8(2)9-5-3-4-6-10(9)11(13)7-12/h3-6,8,11,13H,1-2H3/t11-/m0/s1. The van der Waals surface area contributed by atoms with Crippen LogP contribution >= 0.6 is 0 Å². The predicted octanol–water partition coefficient (Wildman–Crippen LogP) is 2.37. The number of aliphatic hydroxyl groups is 1. The molecule has 1 aromatic rings. The Hall–Kier alpha value is -1.33. The van der Waals surface area contributed by atoms with Gasteiger partial charge in [-0.3, -0.25) is 0 Å². The first kappa shape index (κ1) is 9.76. The summed E-state index contributed by atoms with van der Waals surface area (Å²) < 4.78 is 0. The van der Waals surface area contributed by atoms with Crippen molar-refractivity contribution < 1.29 is 5.11 Å². The van der Waals surface area contributed by atoms with Crippen molar-refractivity contribution in [1.82, 2.24) is 0 Å². The Morgan fingerprint density at radius 2 is 1.77 bits per heavy atom. The summed E-state index contributed by atoms with van der Waals surface area (Å²) >= 11 is 0. The first-order valence-electron chi connectivity index (χ1n) is 4.33. The lowest BCUT2D eigenvalue weighted by molar-refractivity contribution is 0.234. The van der Waals surface area contributed by atoms with Gasteiger partial charge in [0.05, 0.1) is 6.07 Å². The van der Waals surface area contributed by atoms with Crippen LogP contribution in [0, 0.1) is 11.3 Å². The minimum absolute atomic E-state index is 0.333. The number of aliphatic hydroxyl groups excluding tert-OH is 1. The number of rotatable bonds is 2. The monoisotopic (exact) mass is 175 g/mol. The van der Waals surface area contributed by atoms with Crippen LogP contribution in [0.4, 0.5) is 0 Å². The molecule has 0 aromatic heterocycles. The average Bonchev–Trinajstić information content (AvgIpc) is 2.16. The van der Waals surface area contributed by atoms with Crippen LogP contribution in [-0.4, -0.2) is 5.11 Å². The van der Waals surface area contributed by atoms with Gasteiger partial charge in [0.1, 0.15) is 0 Å². The number of hydrogen-bond donors (Lipinski definition) is 1. The van der Waals surface area contributed by atoms with Crippen LogP contribution in [0.5, 0.6) is 0 Å². The molecule has 1 aromatic carbocycles. The summed E-state index contributed by atoms with van der Waals surface area (Å²) in [4.78, 5) is 0. The van der Waals surface area contributed by atoms with Crippen LogP contribution in [0.25, 0.3) is 0 Å². The lowest BCUT2D eigenvalue weighted by Gasteiger charge is -2.12. The summed E-state index contributed by atoms with van der Waals surface area (Å²) in [5, 5.41) is 18.0. The van der Waals surface area contributed by atoms with Crippen molar-refractivity contribution in [2.75, 3.05) is 0 Å². The van der Waals surface area contributed by atoms with Gasteiger partial charge in [-0.05, 0) is 17.0 Å². The van der Waals surface area contributed by atoms with Gasteiger partial charge in [0.25, 0.3) is 0 Å². The molecule has 1 atom stereocenters. The molecule has 13 heavy (non-hydrogen) atoms. The molecule has 68 valence electrons. The lowest BCUT2D eigenvalue weighted by atomic mass is 9.94. The smallest absolute Gasteiger partial charge is 0.166 e. The first-order valence-corrected chi connectivity index (χ1v) is 4.33. The molecule has 0 amide bonds. The van der Waals surface area contributed by atoms with Crippen LogP contribution < -0.4 is 0 Å². The lowest BCUT2D eigenvalue weighted by Crippen LogP contribution is -2.00. The molecule has 0 heterocycles. The Balaban J connectivity index is 3.13. The quantitative estimate of drug-likeness (QED) is 0.701. The van der Waals surface area contributed by atoms with E-state index < -0.39 is 6.10 Å². The molecule has 2 nitrogen and oxygen atoms in total. The Morgan fingerprint density at radius 3 is 2.23 bits per heavy atom. The summed E-state index contributed by atoms with van der Waals surface area (Å²) in [6.07, 6.45) is -1.00. The molecule has 0 radical (unpaired) electrons. The summed E-state index contributed by atoms with van der Waals surface area (Å²) in [6, 6.07) is 9.33. The van der Waals surface area contributed by atoms with Gasteiger partial charge in [-0.25, -0.2) is 0 Å². The third kappa shape index (κ3) is 2.07. The van der Waals surface area contributed by atoms with Crippen LogP contribution in [0.2, 0.25) is 0 Å². The van der Waals surface area contributed by atoms with Crippen molar-refractivity contribution in [3.8, 4) is 6.07 Å². The normalized spacial score (nSPS) is 12.5. The molecule has 0 spiro atoms. The Kier molecular flexibility index (Phi) is 3.05. The van der Waals surface area contributed by atoms with Crippen LogP contribution in [-0.2, 0) is 0 Å². The van der Waals surface area contributed by atoms with E-state index in [-0.39, 0.29) is 0 Å². The van der Waals surface area contributed by atoms with Gasteiger partial charge in [0.2, 0.25) is 0 Å². The zero-order chi connectivity index (χ0) is 9.84. The van der Waals surface area contributed by atoms with Gasteiger partial charge in [-0.2, -0.15) is 5.26 Å². The predicted molar refractivity (Wildman–Crippen MR) is 51.1 cm³/mol. The van der Waals surface area contributed by atoms with Crippen molar-refractivity contribution >= 4 is 0 Å². The largest absolute Gasteiger partial charge is 0.374 e. The van der Waals surface area contributed by atoms with E-state index in [1.54, 1.807) is 6.07 Å². The number of nitrogens with zero attached hydrogens (tertiary/aromatic N) is 1. The zero-order valence-electron chi connectivity index (χ0n) is 7.86. The number of benzene rings is 1. The molecule has 1 rings (SSSR count). The van der Waals surface area contributed by atoms with E-state index >= 15 is 0 Å². The third-order valence-corrected chi connectivity index (χ3v) is 2.03. The fraction of sp³-hybridized carbons (Fsp3) is 0.364. The van der Waals surface area contributed by atoms with E-state index in [2.05, 4.69) is 0 Å². The first-order chi connectivity index (χ1) is 6.16. The maximum atomic E-state index is 9.40. The molecule has 0 aliphatic carbocycles. The molecule has 0 saturated carbocycles. The second kappa shape index (κ2) is 4.06. The van der Waals surface area contributed by atoms with Gasteiger partial charge < -0.3 is 5.11 Å². The number of hydrogen-bond acceptors (Lipinski definition) is 2. The maximum Gasteiger partial charge on any atom is 0.166 e. The molecule has 2 heteroatoms. The average molecular weight is 175 g/mol. The van der Waals surface area contributed by atoms with Gasteiger partial charge in [0.15, 0.2) is 6.10 Å². The molecular weight excluding hydrogens is 162 g/mol. The van der Waals surface area contributed by atoms with E-state index in [0.717, 1.165) is 11.1 Å². The third-order valence-electron chi connectivity index (χ3n) is 2.03. The van der Waals surface area contributed by atoms with E-state index in [1.807, 2.05) is 38.1 Å². The molecule has 0 unspecified atom stereocenters. The van der Waals surface area contributed by atoms with Gasteiger partial charge in [0, 0.05) is 0 Å². The Bertz CT molecular complexity index is 325. The molecule has 0 bridgehead atoms. The SMILES string of the molecule is CC(C)c1ccccc1[C@@H](O)C#N. The minimum atomic E-state index is -1.00. The van der Waals surface area contributed by atoms with Gasteiger partial charge in [-0.1, -0.05) is 38.1 Å². The minimum Gasteiger partial charge on any atom is -0.374 e. The molecule has 0 aliphatic heterocycles. The van der Waals surface area contributed by atoms with Gasteiger partial charge >= 0.3 is 0 Å². The molecule has 0 fully saturated rings. The Labute approximate surface area is 78.4 Å². The number of nitriles is 1. The van der Waals surface area contributed by atoms with Crippen molar-refractivity contribution in [3.05, 3.63) is 35.4 Å². The summed E-state index contributed by atoms with van der Waals surface area (Å²) in [5.74, 6) is 0.333. The summed E-state index contributed by atoms with van der Waals surface area (Å²) in [5.41, 5.74) is 1.76. The second-order valence-corrected chi connectivity index (χ2v) is 3.32. The highest BCUT2D eigenvalue weighted by atomic mass is 16.3. The van der Waals surface area contributed by atoms with Crippen molar-refractivity contribution in [1.29, 1.82) is 5.26 Å². The molecule has 0 saturated heterocycles. The summed E-state index contributed by atoms with van der Waals surface area (Å²) in [7, 11) is 0. The van der Waals surface area contributed by atoms with E-state index in [0.29, 0.717) is 5.92 Å². The fourth-order valence-corrected chi connectivity index (χ4v) is 1.36. The van der Waals surface area contributed by atoms with Crippen molar-refractivity contribution in [2.45, 2.75) is 25.9 Å². The van der Waals surface area contributed by atoms with Crippen molar-refractivity contribution in [2.24, 2.45) is 0 Å². The Morgan fingerprint density at radius 1 is 1.23 bits per heavy atom. The second-order valence-electron chi connectivity index (χ2n) is 3.32. The van der Waals surface area contributed by atoms with Crippen LogP contribution in [0.15, 0.2) is 24.3 Å². The van der Waals surface area contributed by atoms with Crippen LogP contribution in [0.1, 0.15) is 37.0 Å². The van der Waals surface area contributed by atoms with Crippen molar-refractivity contribution in [3.63, 3.8) is 0 Å². The molecule has 1 N–H and O–H groups in total. The molecule has 0 aliphatic rings. The molecular formula is C11H13NO. The highest BCUT2D eigenvalue weighted by Gasteiger charge is 2.12. The highest BCUT2D eigenvalue weighted by molar-refractivity contribution is 5.33. The maximum absolute atomic E-state index is 9.40. The van der Waals surface area contributed by atoms with Gasteiger partial charge in [-0.15, -0.1) is 0 Å².